The second-order valence-electron chi connectivity index (χ2n) is 5.55. The first-order valence-electron chi connectivity index (χ1n) is 7.63. The van der Waals surface area contributed by atoms with Gasteiger partial charge in [0.1, 0.15) is 0 Å². The quantitative estimate of drug-likeness (QED) is 0.700. The van der Waals surface area contributed by atoms with E-state index in [4.69, 9.17) is 0 Å². The fourth-order valence-corrected chi connectivity index (χ4v) is 2.88. The molecule has 112 valence electrons. The van der Waals surface area contributed by atoms with Gasteiger partial charge in [0.15, 0.2) is 0 Å². The summed E-state index contributed by atoms with van der Waals surface area (Å²) < 4.78 is 0. The molecule has 0 amide bonds. The van der Waals surface area contributed by atoms with E-state index in [2.05, 4.69) is 80.0 Å². The Labute approximate surface area is 133 Å². The Hall–Kier alpha value is -1.25. The average molecular weight is 299 g/mol. The summed E-state index contributed by atoms with van der Waals surface area (Å²) in [6.45, 7) is 5.58. The van der Waals surface area contributed by atoms with Crippen LogP contribution in [0, 0.1) is 0 Å². The smallest absolute Gasteiger partial charge is 0.0291 e. The van der Waals surface area contributed by atoms with Crippen molar-refractivity contribution in [2.24, 2.45) is 0 Å². The van der Waals surface area contributed by atoms with Gasteiger partial charge in [-0.2, -0.15) is 0 Å². The van der Waals surface area contributed by atoms with Crippen molar-refractivity contribution in [1.29, 1.82) is 0 Å². The lowest BCUT2D eigenvalue weighted by Crippen LogP contribution is -2.21. The molecular weight excluding hydrogens is 274 g/mol. The van der Waals surface area contributed by atoms with Crippen molar-refractivity contribution in [2.45, 2.75) is 37.1 Å². The third kappa shape index (κ3) is 4.90. The van der Waals surface area contributed by atoms with Gasteiger partial charge < -0.3 is 5.32 Å². The lowest BCUT2D eigenvalue weighted by atomic mass is 9.98. The highest BCUT2D eigenvalue weighted by Gasteiger charge is 2.07. The molecular formula is C19H25NS. The van der Waals surface area contributed by atoms with Gasteiger partial charge in [0, 0.05) is 10.9 Å². The minimum Gasteiger partial charge on any atom is -0.310 e. The average Bonchev–Trinajstić information content (AvgIpc) is 2.55. The summed E-state index contributed by atoms with van der Waals surface area (Å²) in [7, 11) is 0. The topological polar surface area (TPSA) is 12.0 Å². The van der Waals surface area contributed by atoms with Gasteiger partial charge in [-0.15, -0.1) is 11.8 Å². The highest BCUT2D eigenvalue weighted by atomic mass is 32.2. The van der Waals surface area contributed by atoms with E-state index in [1.54, 1.807) is 11.8 Å². The lowest BCUT2D eigenvalue weighted by Gasteiger charge is -2.17. The summed E-state index contributed by atoms with van der Waals surface area (Å²) in [4.78, 5) is 1.32. The van der Waals surface area contributed by atoms with Crippen molar-refractivity contribution >= 4 is 11.8 Å². The molecule has 2 atom stereocenters. The van der Waals surface area contributed by atoms with E-state index < -0.39 is 0 Å². The Balaban J connectivity index is 1.79. The summed E-state index contributed by atoms with van der Waals surface area (Å²) in [5, 5.41) is 3.63. The number of hydrogen-bond acceptors (Lipinski definition) is 2. The van der Waals surface area contributed by atoms with Crippen LogP contribution in [0.5, 0.6) is 0 Å². The molecule has 2 aromatic carbocycles. The maximum atomic E-state index is 3.63. The highest BCUT2D eigenvalue weighted by molar-refractivity contribution is 7.98. The molecule has 0 saturated heterocycles. The minimum atomic E-state index is 0.406. The van der Waals surface area contributed by atoms with Crippen LogP contribution in [-0.2, 0) is 0 Å². The van der Waals surface area contributed by atoms with E-state index in [0.29, 0.717) is 12.0 Å². The van der Waals surface area contributed by atoms with Crippen LogP contribution in [0.25, 0.3) is 0 Å². The third-order valence-electron chi connectivity index (χ3n) is 4.01. The molecule has 2 aromatic rings. The number of nitrogens with one attached hydrogen (secondary N) is 1. The molecule has 2 heteroatoms. The summed E-state index contributed by atoms with van der Waals surface area (Å²) in [6.07, 6.45) is 3.28. The van der Waals surface area contributed by atoms with Gasteiger partial charge in [0.25, 0.3) is 0 Å². The van der Waals surface area contributed by atoms with Gasteiger partial charge in [0.05, 0.1) is 0 Å². The van der Waals surface area contributed by atoms with Gasteiger partial charge in [-0.25, -0.2) is 0 Å². The van der Waals surface area contributed by atoms with Crippen molar-refractivity contribution < 1.29 is 0 Å². The van der Waals surface area contributed by atoms with E-state index >= 15 is 0 Å². The normalized spacial score (nSPS) is 13.9. The van der Waals surface area contributed by atoms with Gasteiger partial charge >= 0.3 is 0 Å². The van der Waals surface area contributed by atoms with Crippen molar-refractivity contribution in [1.82, 2.24) is 5.32 Å². The lowest BCUT2D eigenvalue weighted by molar-refractivity contribution is 0.531. The zero-order valence-electron chi connectivity index (χ0n) is 13.2. The summed E-state index contributed by atoms with van der Waals surface area (Å²) in [6, 6.07) is 20.0. The molecule has 0 fully saturated rings. The predicted molar refractivity (Wildman–Crippen MR) is 94.1 cm³/mol. The molecule has 0 saturated carbocycles. The van der Waals surface area contributed by atoms with Crippen LogP contribution in [0.15, 0.2) is 59.5 Å². The Morgan fingerprint density at radius 3 is 2.19 bits per heavy atom. The van der Waals surface area contributed by atoms with Crippen LogP contribution < -0.4 is 5.32 Å². The molecule has 0 aromatic heterocycles. The molecule has 0 spiro atoms. The van der Waals surface area contributed by atoms with Crippen LogP contribution >= 0.6 is 11.8 Å². The van der Waals surface area contributed by atoms with Crippen molar-refractivity contribution in [2.75, 3.05) is 12.8 Å². The van der Waals surface area contributed by atoms with Crippen LogP contribution in [0.1, 0.15) is 43.4 Å². The summed E-state index contributed by atoms with van der Waals surface area (Å²) in [5.74, 6) is 0.602. The zero-order valence-corrected chi connectivity index (χ0v) is 14.0. The minimum absolute atomic E-state index is 0.406. The molecule has 0 heterocycles. The molecule has 2 rings (SSSR count). The van der Waals surface area contributed by atoms with Gasteiger partial charge in [-0.3, -0.25) is 0 Å². The first-order chi connectivity index (χ1) is 10.2. The number of benzene rings is 2. The Bertz CT molecular complexity index is 521. The molecule has 2 unspecified atom stereocenters. The molecule has 0 aliphatic heterocycles. The largest absolute Gasteiger partial charge is 0.310 e. The molecule has 0 bridgehead atoms. The van der Waals surface area contributed by atoms with Gasteiger partial charge in [-0.1, -0.05) is 49.4 Å². The highest BCUT2D eigenvalue weighted by Crippen LogP contribution is 2.20. The van der Waals surface area contributed by atoms with Crippen LogP contribution in [0.2, 0.25) is 0 Å². The fourth-order valence-electron chi connectivity index (χ4n) is 2.48. The molecule has 1 nitrogen and oxygen atoms in total. The second kappa shape index (κ2) is 8.26. The van der Waals surface area contributed by atoms with Gasteiger partial charge in [-0.05, 0) is 55.3 Å². The maximum absolute atomic E-state index is 3.63. The zero-order chi connectivity index (χ0) is 15.1. The Morgan fingerprint density at radius 1 is 0.905 bits per heavy atom. The Morgan fingerprint density at radius 2 is 1.57 bits per heavy atom. The van der Waals surface area contributed by atoms with E-state index in [0.717, 1.165) is 13.0 Å². The fraction of sp³-hybridized carbons (Fsp3) is 0.368. The second-order valence-corrected chi connectivity index (χ2v) is 6.43. The maximum Gasteiger partial charge on any atom is 0.0291 e. The van der Waals surface area contributed by atoms with Crippen LogP contribution in [-0.4, -0.2) is 12.8 Å². The number of thioether (sulfide) groups is 1. The third-order valence-corrected chi connectivity index (χ3v) is 4.76. The Kier molecular flexibility index (Phi) is 6.34. The SMILES string of the molecule is CSc1ccc(C(C)NCCC(C)c2ccccc2)cc1. The standard InChI is InChI=1S/C19H25NS/c1-15(17-7-5-4-6-8-17)13-14-20-16(2)18-9-11-19(21-3)12-10-18/h4-12,15-16,20H,13-14H2,1-3H3. The van der Waals surface area contributed by atoms with Crippen LogP contribution in [0.4, 0.5) is 0 Å². The summed E-state index contributed by atoms with van der Waals surface area (Å²) in [5.41, 5.74) is 2.79. The summed E-state index contributed by atoms with van der Waals surface area (Å²) >= 11 is 1.79. The number of rotatable bonds is 7. The van der Waals surface area contributed by atoms with E-state index in [1.165, 1.54) is 16.0 Å². The predicted octanol–water partition coefficient (Wildman–Crippen LogP) is 5.25. The molecule has 1 N–H and O–H groups in total. The number of hydrogen-bond donors (Lipinski definition) is 1. The monoisotopic (exact) mass is 299 g/mol. The van der Waals surface area contributed by atoms with Crippen LogP contribution in [0.3, 0.4) is 0 Å². The molecule has 0 radical (unpaired) electrons. The molecule has 21 heavy (non-hydrogen) atoms. The van der Waals surface area contributed by atoms with E-state index in [-0.39, 0.29) is 0 Å². The first-order valence-corrected chi connectivity index (χ1v) is 8.85. The van der Waals surface area contributed by atoms with E-state index in [9.17, 15) is 0 Å². The van der Waals surface area contributed by atoms with Crippen molar-refractivity contribution in [3.63, 3.8) is 0 Å². The van der Waals surface area contributed by atoms with Gasteiger partial charge in [0.2, 0.25) is 0 Å². The van der Waals surface area contributed by atoms with E-state index in [1.807, 2.05) is 0 Å². The first kappa shape index (κ1) is 16.1. The molecule has 0 aliphatic carbocycles. The molecule has 0 aliphatic rings. The van der Waals surface area contributed by atoms with Crippen molar-refractivity contribution in [3.05, 3.63) is 65.7 Å². The van der Waals surface area contributed by atoms with Crippen molar-refractivity contribution in [3.8, 4) is 0 Å².